The number of aromatic nitrogens is 2. The molecule has 1 saturated carbocycles. The molecule has 0 aliphatic heterocycles. The van der Waals surface area contributed by atoms with Crippen LogP contribution in [-0.4, -0.2) is 28.3 Å². The van der Waals surface area contributed by atoms with Gasteiger partial charge in [-0.3, -0.25) is 9.48 Å². The molecule has 1 heterocycles. The van der Waals surface area contributed by atoms with E-state index >= 15 is 0 Å². The molecule has 24 heavy (non-hydrogen) atoms. The second-order valence-electron chi connectivity index (χ2n) is 6.71. The highest BCUT2D eigenvalue weighted by Crippen LogP contribution is 2.28. The molecule has 0 radical (unpaired) electrons. The predicted octanol–water partition coefficient (Wildman–Crippen LogP) is 2.67. The minimum absolute atomic E-state index is 0.0108. The summed E-state index contributed by atoms with van der Waals surface area (Å²) in [6.07, 6.45) is 4.70. The molecular weight excluding hydrogens is 300 g/mol. The molecule has 0 saturated heterocycles. The molecular formula is C19H26N4O. The zero-order chi connectivity index (χ0) is 16.9. The number of anilines is 1. The van der Waals surface area contributed by atoms with Gasteiger partial charge in [0.1, 0.15) is 5.82 Å². The largest absolute Gasteiger partial charge is 0.310 e. The van der Waals surface area contributed by atoms with Gasteiger partial charge in [-0.1, -0.05) is 36.8 Å². The summed E-state index contributed by atoms with van der Waals surface area (Å²) in [7, 11) is 1.84. The zero-order valence-corrected chi connectivity index (χ0v) is 14.5. The SMILES string of the molecule is Cc1cc(NC(=O)CN[C@H]2CCC[C@@H]2Cc2ccccc2)n(C)n1. The fraction of sp³-hybridized carbons (Fsp3) is 0.474. The van der Waals surface area contributed by atoms with Gasteiger partial charge in [-0.15, -0.1) is 0 Å². The van der Waals surface area contributed by atoms with Gasteiger partial charge in [0.25, 0.3) is 0 Å². The Morgan fingerprint density at radius 1 is 1.29 bits per heavy atom. The lowest BCUT2D eigenvalue weighted by Gasteiger charge is -2.21. The van der Waals surface area contributed by atoms with Gasteiger partial charge in [0.15, 0.2) is 0 Å². The van der Waals surface area contributed by atoms with Gasteiger partial charge < -0.3 is 10.6 Å². The van der Waals surface area contributed by atoms with Crippen molar-refractivity contribution in [3.05, 3.63) is 47.7 Å². The van der Waals surface area contributed by atoms with Crippen LogP contribution in [0, 0.1) is 12.8 Å². The molecule has 1 aliphatic carbocycles. The van der Waals surface area contributed by atoms with Crippen LogP contribution >= 0.6 is 0 Å². The van der Waals surface area contributed by atoms with Gasteiger partial charge in [-0.25, -0.2) is 0 Å². The lowest BCUT2D eigenvalue weighted by atomic mass is 9.94. The minimum Gasteiger partial charge on any atom is -0.310 e. The Bertz CT molecular complexity index is 680. The third-order valence-corrected chi connectivity index (χ3v) is 4.79. The van der Waals surface area contributed by atoms with E-state index in [0.29, 0.717) is 18.5 Å². The number of rotatable bonds is 6. The Morgan fingerprint density at radius 3 is 2.79 bits per heavy atom. The minimum atomic E-state index is -0.0108. The van der Waals surface area contributed by atoms with Crippen LogP contribution in [0.15, 0.2) is 36.4 Å². The number of hydrogen-bond acceptors (Lipinski definition) is 3. The van der Waals surface area contributed by atoms with Crippen molar-refractivity contribution in [1.82, 2.24) is 15.1 Å². The van der Waals surface area contributed by atoms with Gasteiger partial charge >= 0.3 is 0 Å². The predicted molar refractivity (Wildman–Crippen MR) is 95.9 cm³/mol. The number of carbonyl (C=O) groups excluding carboxylic acids is 1. The Labute approximate surface area is 143 Å². The van der Waals surface area contributed by atoms with Crippen LogP contribution in [0.5, 0.6) is 0 Å². The summed E-state index contributed by atoms with van der Waals surface area (Å²) in [5.74, 6) is 1.34. The van der Waals surface area contributed by atoms with Crippen molar-refractivity contribution in [2.24, 2.45) is 13.0 Å². The van der Waals surface area contributed by atoms with E-state index in [1.807, 2.05) is 20.0 Å². The maximum absolute atomic E-state index is 12.2. The van der Waals surface area contributed by atoms with Crippen molar-refractivity contribution in [2.45, 2.75) is 38.6 Å². The van der Waals surface area contributed by atoms with Crippen LogP contribution in [0.3, 0.4) is 0 Å². The quantitative estimate of drug-likeness (QED) is 0.858. The summed E-state index contributed by atoms with van der Waals surface area (Å²) in [6, 6.07) is 12.9. The highest BCUT2D eigenvalue weighted by molar-refractivity contribution is 5.91. The number of carbonyl (C=O) groups is 1. The highest BCUT2D eigenvalue weighted by atomic mass is 16.2. The molecule has 0 bridgehead atoms. The molecule has 1 aromatic carbocycles. The van der Waals surface area contributed by atoms with Gasteiger partial charge in [0.05, 0.1) is 12.2 Å². The van der Waals surface area contributed by atoms with E-state index in [1.165, 1.54) is 18.4 Å². The average Bonchev–Trinajstić information content (AvgIpc) is 3.12. The van der Waals surface area contributed by atoms with Crippen LogP contribution in [0.25, 0.3) is 0 Å². The normalized spacial score (nSPS) is 20.2. The molecule has 1 aliphatic rings. The number of aryl methyl sites for hydroxylation is 2. The van der Waals surface area contributed by atoms with E-state index < -0.39 is 0 Å². The molecule has 0 unspecified atom stereocenters. The number of hydrogen-bond donors (Lipinski definition) is 2. The Kier molecular flexibility index (Phi) is 5.30. The molecule has 128 valence electrons. The fourth-order valence-electron chi connectivity index (χ4n) is 3.61. The lowest BCUT2D eigenvalue weighted by Crippen LogP contribution is -2.39. The van der Waals surface area contributed by atoms with Crippen LogP contribution in [0.2, 0.25) is 0 Å². The Hall–Kier alpha value is -2.14. The van der Waals surface area contributed by atoms with Crippen molar-refractivity contribution in [2.75, 3.05) is 11.9 Å². The maximum atomic E-state index is 12.2. The first-order valence-electron chi connectivity index (χ1n) is 8.69. The summed E-state index contributed by atoms with van der Waals surface area (Å²) in [5.41, 5.74) is 2.28. The highest BCUT2D eigenvalue weighted by Gasteiger charge is 2.27. The van der Waals surface area contributed by atoms with E-state index in [-0.39, 0.29) is 5.91 Å². The second-order valence-corrected chi connectivity index (χ2v) is 6.71. The molecule has 3 rings (SSSR count). The molecule has 2 aromatic rings. The van der Waals surface area contributed by atoms with E-state index in [0.717, 1.165) is 24.4 Å². The number of nitrogens with zero attached hydrogens (tertiary/aromatic N) is 2. The van der Waals surface area contributed by atoms with Crippen molar-refractivity contribution >= 4 is 11.7 Å². The smallest absolute Gasteiger partial charge is 0.239 e. The Balaban J connectivity index is 1.50. The molecule has 2 N–H and O–H groups in total. The number of amides is 1. The first-order valence-corrected chi connectivity index (χ1v) is 8.69. The summed E-state index contributed by atoms with van der Waals surface area (Å²) in [4.78, 5) is 12.2. The standard InChI is InChI=1S/C19H26N4O/c1-14-11-18(23(2)22-14)21-19(24)13-20-17-10-6-9-16(17)12-15-7-4-3-5-8-15/h3-5,7-8,11,16-17,20H,6,9-10,12-13H2,1-2H3,(H,21,24)/t16-,17+/m1/s1. The summed E-state index contributed by atoms with van der Waals surface area (Å²) < 4.78 is 1.70. The van der Waals surface area contributed by atoms with Gasteiger partial charge in [-0.2, -0.15) is 5.10 Å². The first-order chi connectivity index (χ1) is 11.6. The number of benzene rings is 1. The van der Waals surface area contributed by atoms with Crippen LogP contribution in [0.1, 0.15) is 30.5 Å². The van der Waals surface area contributed by atoms with Crippen LogP contribution in [-0.2, 0) is 18.3 Å². The third-order valence-electron chi connectivity index (χ3n) is 4.79. The summed E-state index contributed by atoms with van der Waals surface area (Å²) in [5, 5.41) is 10.6. The van der Waals surface area contributed by atoms with Gasteiger partial charge in [-0.05, 0) is 37.7 Å². The molecule has 0 spiro atoms. The first kappa shape index (κ1) is 16.7. The van der Waals surface area contributed by atoms with Crippen LogP contribution in [0.4, 0.5) is 5.82 Å². The molecule has 5 heteroatoms. The van der Waals surface area contributed by atoms with Crippen molar-refractivity contribution in [1.29, 1.82) is 0 Å². The molecule has 5 nitrogen and oxygen atoms in total. The number of nitrogens with one attached hydrogen (secondary N) is 2. The maximum Gasteiger partial charge on any atom is 0.239 e. The van der Waals surface area contributed by atoms with Gasteiger partial charge in [0.2, 0.25) is 5.91 Å². The molecule has 1 aromatic heterocycles. The van der Waals surface area contributed by atoms with Crippen molar-refractivity contribution in [3.63, 3.8) is 0 Å². The summed E-state index contributed by atoms with van der Waals surface area (Å²) in [6.45, 7) is 2.26. The fourth-order valence-corrected chi connectivity index (χ4v) is 3.61. The topological polar surface area (TPSA) is 59.0 Å². The monoisotopic (exact) mass is 326 g/mol. The Morgan fingerprint density at radius 2 is 2.08 bits per heavy atom. The zero-order valence-electron chi connectivity index (χ0n) is 14.5. The van der Waals surface area contributed by atoms with E-state index in [4.69, 9.17) is 0 Å². The van der Waals surface area contributed by atoms with Crippen molar-refractivity contribution < 1.29 is 4.79 Å². The second kappa shape index (κ2) is 7.62. The van der Waals surface area contributed by atoms with Crippen molar-refractivity contribution in [3.8, 4) is 0 Å². The lowest BCUT2D eigenvalue weighted by molar-refractivity contribution is -0.115. The molecule has 1 amide bonds. The summed E-state index contributed by atoms with van der Waals surface area (Å²) >= 11 is 0. The molecule has 1 fully saturated rings. The third kappa shape index (κ3) is 4.23. The average molecular weight is 326 g/mol. The molecule has 2 atom stereocenters. The van der Waals surface area contributed by atoms with E-state index in [1.54, 1.807) is 4.68 Å². The van der Waals surface area contributed by atoms with E-state index in [2.05, 4.69) is 46.1 Å². The van der Waals surface area contributed by atoms with Gasteiger partial charge in [0, 0.05) is 19.2 Å². The van der Waals surface area contributed by atoms with Crippen LogP contribution < -0.4 is 10.6 Å². The van der Waals surface area contributed by atoms with E-state index in [9.17, 15) is 4.79 Å².